The fraction of sp³-hybridized carbons (Fsp3) is 0.135. The van der Waals surface area contributed by atoms with Gasteiger partial charge in [-0.1, -0.05) is 140 Å². The number of nitriles is 2. The molecule has 4 aliphatic rings. The second-order valence-electron chi connectivity index (χ2n) is 21.4. The van der Waals surface area contributed by atoms with Gasteiger partial charge in [-0.05, 0) is 228 Å². The Morgan fingerprint density at radius 3 is 1.50 bits per heavy atom. The van der Waals surface area contributed by atoms with Crippen LogP contribution in [-0.4, -0.2) is 6.04 Å². The third-order valence-electron chi connectivity index (χ3n) is 17.1. The molecule has 2 unspecified atom stereocenters. The zero-order valence-electron chi connectivity index (χ0n) is 45.6. The number of hydrogen-bond acceptors (Lipinski definition) is 4. The Hall–Kier alpha value is -9.48. The van der Waals surface area contributed by atoms with E-state index in [9.17, 15) is 10.5 Å². The van der Waals surface area contributed by atoms with Gasteiger partial charge in [-0.2, -0.15) is 10.5 Å². The quantitative estimate of drug-likeness (QED) is 0.137. The maximum absolute atomic E-state index is 10.4. The third kappa shape index (κ3) is 8.39. The predicted molar refractivity (Wildman–Crippen MR) is 324 cm³/mol. The fourth-order valence-electron chi connectivity index (χ4n) is 12.3. The Balaban J connectivity index is 1.05. The molecule has 0 amide bonds. The Morgan fingerprint density at radius 2 is 0.923 bits per heavy atom. The van der Waals surface area contributed by atoms with Gasteiger partial charge in [0.05, 0.1) is 40.7 Å². The molecule has 0 bridgehead atoms. The monoisotopic (exact) mass is 1000 g/mol. The lowest BCUT2D eigenvalue weighted by molar-refractivity contribution is 0.773. The van der Waals surface area contributed by atoms with Gasteiger partial charge in [0.15, 0.2) is 0 Å². The predicted octanol–water partition coefficient (Wildman–Crippen LogP) is 18.7. The van der Waals surface area contributed by atoms with Gasteiger partial charge >= 0.3 is 0 Å². The molecule has 0 aromatic heterocycles. The van der Waals surface area contributed by atoms with Crippen LogP contribution in [0.3, 0.4) is 0 Å². The van der Waals surface area contributed by atoms with Crippen molar-refractivity contribution in [2.75, 3.05) is 9.80 Å². The zero-order valence-corrected chi connectivity index (χ0v) is 45.6. The molecule has 0 saturated heterocycles. The Bertz CT molecular complexity index is 4170. The summed E-state index contributed by atoms with van der Waals surface area (Å²) in [7, 11) is 0. The van der Waals surface area contributed by atoms with Gasteiger partial charge in [0, 0.05) is 34.1 Å². The summed E-state index contributed by atoms with van der Waals surface area (Å²) in [6.45, 7) is 17.6. The molecular formula is C74H60N4. The van der Waals surface area contributed by atoms with Crippen LogP contribution >= 0.6 is 0 Å². The van der Waals surface area contributed by atoms with E-state index in [2.05, 4.69) is 247 Å². The van der Waals surface area contributed by atoms with E-state index in [0.717, 1.165) is 50.7 Å². The summed E-state index contributed by atoms with van der Waals surface area (Å²) in [5, 5.41) is 20.9. The van der Waals surface area contributed by atoms with E-state index < -0.39 is 0 Å². The maximum atomic E-state index is 10.4. The molecule has 0 N–H and O–H groups in total. The van der Waals surface area contributed by atoms with Gasteiger partial charge in [0.2, 0.25) is 0 Å². The van der Waals surface area contributed by atoms with Crippen LogP contribution in [0.5, 0.6) is 0 Å². The molecule has 0 heterocycles. The summed E-state index contributed by atoms with van der Waals surface area (Å²) in [6.07, 6.45) is 18.5. The van der Waals surface area contributed by atoms with E-state index >= 15 is 0 Å². The molecule has 4 aliphatic carbocycles. The number of hydrogen-bond donors (Lipinski definition) is 0. The summed E-state index contributed by atoms with van der Waals surface area (Å²) in [6, 6.07) is 61.0. The molecule has 0 aliphatic heterocycles. The smallest absolute Gasteiger partial charge is 0.0992 e. The van der Waals surface area contributed by atoms with Gasteiger partial charge in [-0.15, -0.1) is 0 Å². The molecule has 0 spiro atoms. The zero-order chi connectivity index (χ0) is 53.9. The highest BCUT2D eigenvalue weighted by atomic mass is 15.2. The average Bonchev–Trinajstić information content (AvgIpc) is 3.66. The maximum Gasteiger partial charge on any atom is 0.0992 e. The highest BCUT2D eigenvalue weighted by Crippen LogP contribution is 2.54. The first-order valence-corrected chi connectivity index (χ1v) is 27.0. The Labute approximate surface area is 460 Å². The minimum atomic E-state index is -0.245. The molecule has 8 aromatic carbocycles. The molecule has 4 nitrogen and oxygen atoms in total. The van der Waals surface area contributed by atoms with Crippen molar-refractivity contribution in [1.82, 2.24) is 0 Å². The van der Waals surface area contributed by atoms with Gasteiger partial charge in [0.25, 0.3) is 0 Å². The molecular weight excluding hydrogens is 945 g/mol. The Morgan fingerprint density at radius 1 is 0.423 bits per heavy atom. The van der Waals surface area contributed by atoms with Crippen molar-refractivity contribution < 1.29 is 0 Å². The van der Waals surface area contributed by atoms with Gasteiger partial charge < -0.3 is 9.80 Å². The van der Waals surface area contributed by atoms with Crippen LogP contribution in [0.25, 0.3) is 44.5 Å². The van der Waals surface area contributed by atoms with E-state index in [1.54, 1.807) is 0 Å². The van der Waals surface area contributed by atoms with Crippen LogP contribution in [-0.2, 0) is 0 Å². The van der Waals surface area contributed by atoms with E-state index in [4.69, 9.17) is 0 Å². The van der Waals surface area contributed by atoms with Crippen LogP contribution < -0.4 is 9.80 Å². The largest absolute Gasteiger partial charge is 0.330 e. The minimum absolute atomic E-state index is 0.0880. The standard InChI is InChI=1S/C74H60N4/c1-45-15-9-23-61(49(45)5)57-31-37-71(67(41-57)63-25-11-17-47(3)51(63)7)77(59-21-13-19-53(39-59)43-75)69-35-29-55-28-34-66-70(36-30-56-27-33-65(69)73(55)74(56)66)78(60-22-14-20-54(40-60)44-76)72-38-32-58(62-24-10-16-46(2)50(62)6)42-68(72)64-26-12-18-48(4)52(64)8/h9-42,69,74H,1-8H3. The molecule has 0 fully saturated rings. The molecule has 12 rings (SSSR count). The first-order chi connectivity index (χ1) is 37.9. The summed E-state index contributed by atoms with van der Waals surface area (Å²) < 4.78 is 0. The molecule has 4 heteroatoms. The van der Waals surface area contributed by atoms with Gasteiger partial charge in [-0.3, -0.25) is 0 Å². The number of anilines is 4. The van der Waals surface area contributed by atoms with Crippen molar-refractivity contribution in [3.63, 3.8) is 0 Å². The van der Waals surface area contributed by atoms with E-state index in [1.165, 1.54) is 94.6 Å². The van der Waals surface area contributed by atoms with Gasteiger partial charge in [0.1, 0.15) is 0 Å². The van der Waals surface area contributed by atoms with Crippen LogP contribution in [0.15, 0.2) is 240 Å². The van der Waals surface area contributed by atoms with E-state index in [1.807, 2.05) is 36.4 Å². The molecule has 8 aromatic rings. The summed E-state index contributed by atoms with van der Waals surface area (Å²) in [5.41, 5.74) is 31.5. The normalized spacial score (nSPS) is 15.8. The van der Waals surface area contributed by atoms with Crippen LogP contribution in [0.1, 0.15) is 55.6 Å². The second kappa shape index (κ2) is 19.9. The van der Waals surface area contributed by atoms with Crippen molar-refractivity contribution >= 4 is 22.7 Å². The summed E-state index contributed by atoms with van der Waals surface area (Å²) >= 11 is 0. The highest BCUT2D eigenvalue weighted by molar-refractivity contribution is 5.93. The Kier molecular flexibility index (Phi) is 12.6. The number of aryl methyl sites for hydroxylation is 4. The third-order valence-corrected chi connectivity index (χ3v) is 17.1. The topological polar surface area (TPSA) is 54.1 Å². The second-order valence-corrected chi connectivity index (χ2v) is 21.4. The van der Waals surface area contributed by atoms with E-state index in [0.29, 0.717) is 11.1 Å². The number of allylic oxidation sites excluding steroid dienone is 10. The summed E-state index contributed by atoms with van der Waals surface area (Å²) in [5.74, 6) is -0.0880. The molecule has 0 radical (unpaired) electrons. The summed E-state index contributed by atoms with van der Waals surface area (Å²) in [4.78, 5) is 4.86. The number of rotatable bonds is 10. The van der Waals surface area contributed by atoms with Crippen molar-refractivity contribution in [3.05, 3.63) is 296 Å². The first kappa shape index (κ1) is 49.4. The van der Waals surface area contributed by atoms with Gasteiger partial charge in [-0.25, -0.2) is 0 Å². The van der Waals surface area contributed by atoms with Crippen molar-refractivity contribution in [3.8, 4) is 56.6 Å². The lowest BCUT2D eigenvalue weighted by Gasteiger charge is -2.44. The average molecular weight is 1010 g/mol. The van der Waals surface area contributed by atoms with Crippen molar-refractivity contribution in [2.24, 2.45) is 5.92 Å². The molecule has 0 saturated carbocycles. The van der Waals surface area contributed by atoms with Crippen LogP contribution in [0, 0.1) is 84.0 Å². The van der Waals surface area contributed by atoms with Crippen LogP contribution in [0.2, 0.25) is 0 Å². The SMILES string of the molecule is Cc1cccc(-c2ccc(N(C3=C4C=CC5=C6C(=CC=C(C=C3)C46)C(N(c3cccc(C#N)c3)c3ccc(-c4cccc(C)c4C)cc3-c3cccc(C)c3C)C=C5)c3cccc(C#N)c3)c(-c3cccc(C)c3C)c2)c1C. The number of benzene rings is 8. The van der Waals surface area contributed by atoms with Crippen molar-refractivity contribution in [2.45, 2.75) is 61.4 Å². The van der Waals surface area contributed by atoms with Crippen LogP contribution in [0.4, 0.5) is 22.7 Å². The number of nitrogens with zero attached hydrogens (tertiary/aromatic N) is 4. The lowest BCUT2D eigenvalue weighted by Crippen LogP contribution is -2.37. The molecule has 78 heavy (non-hydrogen) atoms. The van der Waals surface area contributed by atoms with E-state index in [-0.39, 0.29) is 12.0 Å². The first-order valence-electron chi connectivity index (χ1n) is 27.0. The minimum Gasteiger partial charge on any atom is -0.330 e. The lowest BCUT2D eigenvalue weighted by atomic mass is 9.67. The fourth-order valence-corrected chi connectivity index (χ4v) is 12.3. The van der Waals surface area contributed by atoms with Crippen molar-refractivity contribution in [1.29, 1.82) is 10.5 Å². The molecule has 376 valence electrons. The molecule has 2 atom stereocenters. The highest BCUT2D eigenvalue weighted by Gasteiger charge is 2.41.